The smallest absolute Gasteiger partial charge is 0.127 e. The lowest BCUT2D eigenvalue weighted by molar-refractivity contribution is 0.514. The third kappa shape index (κ3) is 4.33. The first kappa shape index (κ1) is 17.0. The summed E-state index contributed by atoms with van der Waals surface area (Å²) in [6.45, 7) is 2.88. The third-order valence-electron chi connectivity index (χ3n) is 3.17. The van der Waals surface area contributed by atoms with Crippen molar-refractivity contribution in [3.05, 3.63) is 54.9 Å². The molecular weight excluding hydrogens is 352 g/mol. The first-order valence-electron chi connectivity index (χ1n) is 6.64. The summed E-state index contributed by atoms with van der Waals surface area (Å²) >= 11 is 19.7. The highest BCUT2D eigenvalue weighted by molar-refractivity contribution is 7.20. The van der Waals surface area contributed by atoms with Crippen LogP contribution in [0.1, 0.15) is 30.5 Å². The molecule has 0 aliphatic rings. The summed E-state index contributed by atoms with van der Waals surface area (Å²) in [5.41, 5.74) is 1.38. The van der Waals surface area contributed by atoms with E-state index in [1.165, 1.54) is 17.4 Å². The van der Waals surface area contributed by atoms with Gasteiger partial charge in [-0.05, 0) is 37.6 Å². The zero-order valence-corrected chi connectivity index (χ0v) is 14.5. The molecule has 1 aromatic carbocycles. The number of benzene rings is 1. The number of rotatable bonds is 6. The normalized spacial score (nSPS) is 12.6. The van der Waals surface area contributed by atoms with Gasteiger partial charge in [-0.15, -0.1) is 11.3 Å². The summed E-state index contributed by atoms with van der Waals surface area (Å²) in [5.74, 6) is -0.303. The van der Waals surface area contributed by atoms with Crippen LogP contribution >= 0.6 is 46.1 Å². The number of halogens is 4. The Kier molecular flexibility index (Phi) is 6.33. The average molecular weight is 367 g/mol. The van der Waals surface area contributed by atoms with Crippen molar-refractivity contribution in [1.29, 1.82) is 0 Å². The van der Waals surface area contributed by atoms with Crippen molar-refractivity contribution >= 4 is 46.1 Å². The van der Waals surface area contributed by atoms with Gasteiger partial charge in [-0.3, -0.25) is 0 Å². The Hall–Kier alpha value is -0.320. The third-order valence-corrected chi connectivity index (χ3v) is 5.04. The van der Waals surface area contributed by atoms with Crippen LogP contribution in [-0.4, -0.2) is 6.54 Å². The van der Waals surface area contributed by atoms with Crippen molar-refractivity contribution in [2.75, 3.05) is 6.54 Å². The highest BCUT2D eigenvalue weighted by Gasteiger charge is 2.20. The van der Waals surface area contributed by atoms with Crippen molar-refractivity contribution in [2.45, 2.75) is 25.8 Å². The zero-order chi connectivity index (χ0) is 15.4. The van der Waals surface area contributed by atoms with E-state index < -0.39 is 0 Å². The summed E-state index contributed by atoms with van der Waals surface area (Å²) in [7, 11) is 0. The van der Waals surface area contributed by atoms with Gasteiger partial charge in [0, 0.05) is 22.2 Å². The second-order valence-electron chi connectivity index (χ2n) is 4.69. The van der Waals surface area contributed by atoms with Crippen LogP contribution < -0.4 is 5.32 Å². The van der Waals surface area contributed by atoms with E-state index in [9.17, 15) is 4.39 Å². The summed E-state index contributed by atoms with van der Waals surface area (Å²) in [4.78, 5) is 0. The molecule has 0 saturated carbocycles. The van der Waals surface area contributed by atoms with Gasteiger partial charge < -0.3 is 5.32 Å². The van der Waals surface area contributed by atoms with Crippen LogP contribution in [0, 0.1) is 5.82 Å². The fraction of sp³-hybridized carbons (Fsp3) is 0.333. The van der Waals surface area contributed by atoms with E-state index in [1.54, 1.807) is 12.1 Å². The monoisotopic (exact) mass is 365 g/mol. The molecule has 0 spiro atoms. The van der Waals surface area contributed by atoms with Gasteiger partial charge in [0.05, 0.1) is 8.67 Å². The van der Waals surface area contributed by atoms with Gasteiger partial charge in [-0.25, -0.2) is 4.39 Å². The Balaban J connectivity index is 2.30. The fourth-order valence-electron chi connectivity index (χ4n) is 2.13. The maximum absolute atomic E-state index is 14.0. The molecule has 114 valence electrons. The van der Waals surface area contributed by atoms with Crippen molar-refractivity contribution in [2.24, 2.45) is 0 Å². The lowest BCUT2D eigenvalue weighted by Crippen LogP contribution is -2.24. The summed E-state index contributed by atoms with van der Waals surface area (Å²) in [6.07, 6.45) is 1.40. The van der Waals surface area contributed by atoms with Crippen LogP contribution in [0.5, 0.6) is 0 Å². The van der Waals surface area contributed by atoms with E-state index in [0.29, 0.717) is 25.7 Å². The number of thiophene rings is 1. The Labute approximate surface area is 143 Å². The predicted octanol–water partition coefficient (Wildman–Crippen LogP) is 6.13. The molecule has 0 fully saturated rings. The molecule has 0 bridgehead atoms. The molecule has 0 amide bonds. The van der Waals surface area contributed by atoms with Crippen molar-refractivity contribution in [3.8, 4) is 0 Å². The molecule has 1 heterocycles. The first-order valence-corrected chi connectivity index (χ1v) is 8.59. The van der Waals surface area contributed by atoms with Crippen LogP contribution in [-0.2, 0) is 6.42 Å². The van der Waals surface area contributed by atoms with Gasteiger partial charge in [0.15, 0.2) is 0 Å². The first-order chi connectivity index (χ1) is 10.0. The van der Waals surface area contributed by atoms with Crippen LogP contribution in [0.3, 0.4) is 0 Å². The minimum absolute atomic E-state index is 0.115. The molecule has 1 N–H and O–H groups in total. The minimum Gasteiger partial charge on any atom is -0.310 e. The molecule has 1 nitrogen and oxygen atoms in total. The molecule has 0 aliphatic carbocycles. The molecule has 1 atom stereocenters. The van der Waals surface area contributed by atoms with Gasteiger partial charge >= 0.3 is 0 Å². The van der Waals surface area contributed by atoms with E-state index in [0.717, 1.165) is 18.5 Å². The highest BCUT2D eigenvalue weighted by atomic mass is 35.5. The van der Waals surface area contributed by atoms with E-state index in [2.05, 4.69) is 12.2 Å². The largest absolute Gasteiger partial charge is 0.310 e. The second-order valence-corrected chi connectivity index (χ2v) is 7.38. The van der Waals surface area contributed by atoms with Gasteiger partial charge in [0.1, 0.15) is 5.82 Å². The number of hydrogen-bond donors (Lipinski definition) is 1. The van der Waals surface area contributed by atoms with E-state index in [4.69, 9.17) is 34.8 Å². The molecule has 0 saturated heterocycles. The SMILES string of the molecule is CCCNC(Cc1c(F)cccc1Cl)c1cc(Cl)sc1Cl. The molecule has 1 unspecified atom stereocenters. The van der Waals surface area contributed by atoms with E-state index >= 15 is 0 Å². The molecule has 2 rings (SSSR count). The second kappa shape index (κ2) is 7.80. The molecule has 0 aliphatic heterocycles. The van der Waals surface area contributed by atoms with Gasteiger partial charge in [-0.1, -0.05) is 47.8 Å². The van der Waals surface area contributed by atoms with Crippen LogP contribution in [0.15, 0.2) is 24.3 Å². The van der Waals surface area contributed by atoms with Crippen LogP contribution in [0.4, 0.5) is 4.39 Å². The molecule has 21 heavy (non-hydrogen) atoms. The van der Waals surface area contributed by atoms with Crippen molar-refractivity contribution in [3.63, 3.8) is 0 Å². The summed E-state index contributed by atoms with van der Waals surface area (Å²) < 4.78 is 15.2. The van der Waals surface area contributed by atoms with Gasteiger partial charge in [-0.2, -0.15) is 0 Å². The molecule has 2 aromatic rings. The van der Waals surface area contributed by atoms with Crippen molar-refractivity contribution < 1.29 is 4.39 Å². The van der Waals surface area contributed by atoms with E-state index in [-0.39, 0.29) is 11.9 Å². The Morgan fingerprint density at radius 3 is 2.62 bits per heavy atom. The standard InChI is InChI=1S/C15H15Cl3FNS/c1-2-6-20-13(10-8-14(17)21-15(10)18)7-9-11(16)4-3-5-12(9)19/h3-5,8,13,20H,2,6-7H2,1H3. The molecule has 0 radical (unpaired) electrons. The Morgan fingerprint density at radius 1 is 1.29 bits per heavy atom. The Morgan fingerprint density at radius 2 is 2.05 bits per heavy atom. The highest BCUT2D eigenvalue weighted by Crippen LogP contribution is 2.37. The quantitative estimate of drug-likeness (QED) is 0.648. The van der Waals surface area contributed by atoms with Gasteiger partial charge in [0.25, 0.3) is 0 Å². The lowest BCUT2D eigenvalue weighted by Gasteiger charge is -2.19. The van der Waals surface area contributed by atoms with Gasteiger partial charge in [0.2, 0.25) is 0 Å². The lowest BCUT2D eigenvalue weighted by atomic mass is 10.0. The maximum Gasteiger partial charge on any atom is 0.127 e. The number of nitrogens with one attached hydrogen (secondary N) is 1. The molecule has 1 aromatic heterocycles. The number of hydrogen-bond acceptors (Lipinski definition) is 2. The van der Waals surface area contributed by atoms with Crippen LogP contribution in [0.2, 0.25) is 13.7 Å². The van der Waals surface area contributed by atoms with Crippen LogP contribution in [0.25, 0.3) is 0 Å². The predicted molar refractivity (Wildman–Crippen MR) is 90.5 cm³/mol. The van der Waals surface area contributed by atoms with E-state index in [1.807, 2.05) is 6.07 Å². The average Bonchev–Trinajstić information content (AvgIpc) is 2.76. The fourth-order valence-corrected chi connectivity index (χ4v) is 3.95. The molecular formula is C15H15Cl3FNS. The molecule has 6 heteroatoms. The minimum atomic E-state index is -0.303. The zero-order valence-electron chi connectivity index (χ0n) is 11.4. The summed E-state index contributed by atoms with van der Waals surface area (Å²) in [5, 5.41) is 3.81. The Bertz CT molecular complexity index is 595. The topological polar surface area (TPSA) is 12.0 Å². The summed E-state index contributed by atoms with van der Waals surface area (Å²) in [6, 6.07) is 6.43. The van der Waals surface area contributed by atoms with Crippen molar-refractivity contribution in [1.82, 2.24) is 5.32 Å². The maximum atomic E-state index is 14.0.